The molecule has 0 aliphatic carbocycles. The van der Waals surface area contributed by atoms with Crippen molar-refractivity contribution >= 4 is 22.6 Å². The fourth-order valence-corrected chi connectivity index (χ4v) is 2.33. The molecule has 0 bridgehead atoms. The van der Waals surface area contributed by atoms with Crippen LogP contribution in [0.1, 0.15) is 5.56 Å². The summed E-state index contributed by atoms with van der Waals surface area (Å²) in [6.07, 6.45) is 3.85. The van der Waals surface area contributed by atoms with Gasteiger partial charge in [-0.3, -0.25) is 9.36 Å². The van der Waals surface area contributed by atoms with Crippen LogP contribution in [0.15, 0.2) is 53.7 Å². The van der Waals surface area contributed by atoms with Crippen molar-refractivity contribution in [2.24, 2.45) is 0 Å². The predicted octanol–water partition coefficient (Wildman–Crippen LogP) is 2.69. The molecule has 2 heterocycles. The summed E-state index contributed by atoms with van der Waals surface area (Å²) in [5, 5.41) is 1.25. The Hall–Kier alpha value is -2.20. The smallest absolute Gasteiger partial charge is 0.262 e. The van der Waals surface area contributed by atoms with Gasteiger partial charge < -0.3 is 0 Å². The van der Waals surface area contributed by atoms with Gasteiger partial charge in [0.2, 0.25) is 0 Å². The number of aryl methyl sites for hydroxylation is 2. The molecule has 0 atom stereocenters. The van der Waals surface area contributed by atoms with Gasteiger partial charge in [-0.1, -0.05) is 29.8 Å². The zero-order valence-corrected chi connectivity index (χ0v) is 11.4. The summed E-state index contributed by atoms with van der Waals surface area (Å²) in [5.74, 6) is 0. The molecule has 20 heavy (non-hydrogen) atoms. The molecule has 1 aromatic carbocycles. The average molecular weight is 286 g/mol. The predicted molar refractivity (Wildman–Crippen MR) is 79.0 cm³/mol. The first-order valence-electron chi connectivity index (χ1n) is 6.29. The number of aromatic nitrogens is 3. The minimum atomic E-state index is -0.0739. The van der Waals surface area contributed by atoms with Crippen LogP contribution in [0.5, 0.6) is 0 Å². The number of hydrogen-bond acceptors (Lipinski definition) is 3. The van der Waals surface area contributed by atoms with Crippen molar-refractivity contribution in [1.82, 2.24) is 14.5 Å². The Morgan fingerprint density at radius 1 is 1.10 bits per heavy atom. The van der Waals surface area contributed by atoms with Gasteiger partial charge in [0, 0.05) is 17.8 Å². The Kier molecular flexibility index (Phi) is 3.48. The summed E-state index contributed by atoms with van der Waals surface area (Å²) < 4.78 is 1.59. The van der Waals surface area contributed by atoms with E-state index in [0.29, 0.717) is 24.0 Å². The van der Waals surface area contributed by atoms with Gasteiger partial charge in [-0.15, -0.1) is 0 Å². The molecule has 3 aromatic rings. The van der Waals surface area contributed by atoms with Gasteiger partial charge in [0.05, 0.1) is 11.7 Å². The van der Waals surface area contributed by atoms with Crippen LogP contribution >= 0.6 is 11.6 Å². The van der Waals surface area contributed by atoms with Gasteiger partial charge in [-0.2, -0.15) is 0 Å². The number of nitrogens with zero attached hydrogens (tertiary/aromatic N) is 3. The molecule has 0 fully saturated rings. The lowest BCUT2D eigenvalue weighted by Crippen LogP contribution is -2.21. The van der Waals surface area contributed by atoms with Gasteiger partial charge >= 0.3 is 0 Å². The second-order valence-corrected chi connectivity index (χ2v) is 4.87. The largest absolute Gasteiger partial charge is 0.298 e. The molecular formula is C15H12ClN3O. The lowest BCUT2D eigenvalue weighted by atomic mass is 10.1. The first-order chi connectivity index (χ1) is 9.75. The van der Waals surface area contributed by atoms with Crippen molar-refractivity contribution in [2.75, 3.05) is 0 Å². The number of fused-ring (bicyclic) bond motifs is 1. The third-order valence-electron chi connectivity index (χ3n) is 3.18. The summed E-state index contributed by atoms with van der Waals surface area (Å²) >= 11 is 6.11. The van der Waals surface area contributed by atoms with Crippen LogP contribution in [0.4, 0.5) is 0 Å². The monoisotopic (exact) mass is 285 g/mol. The molecule has 0 N–H and O–H groups in total. The average Bonchev–Trinajstić information content (AvgIpc) is 2.48. The van der Waals surface area contributed by atoms with Crippen molar-refractivity contribution in [3.8, 4) is 0 Å². The molecule has 0 spiro atoms. The van der Waals surface area contributed by atoms with Gasteiger partial charge in [-0.25, -0.2) is 9.97 Å². The molecule has 100 valence electrons. The van der Waals surface area contributed by atoms with Crippen molar-refractivity contribution in [3.05, 3.63) is 69.9 Å². The van der Waals surface area contributed by atoms with Crippen molar-refractivity contribution in [2.45, 2.75) is 13.0 Å². The van der Waals surface area contributed by atoms with E-state index in [1.807, 2.05) is 24.3 Å². The molecule has 2 aromatic heterocycles. The first kappa shape index (κ1) is 12.8. The fraction of sp³-hybridized carbons (Fsp3) is 0.133. The molecule has 0 radical (unpaired) electrons. The van der Waals surface area contributed by atoms with E-state index in [0.717, 1.165) is 10.6 Å². The fourth-order valence-electron chi connectivity index (χ4n) is 2.10. The van der Waals surface area contributed by atoms with Crippen LogP contribution in [-0.2, 0) is 13.0 Å². The third kappa shape index (κ3) is 2.42. The van der Waals surface area contributed by atoms with Gasteiger partial charge in [0.15, 0.2) is 5.65 Å². The van der Waals surface area contributed by atoms with Crippen LogP contribution < -0.4 is 5.56 Å². The van der Waals surface area contributed by atoms with Crippen LogP contribution in [0.2, 0.25) is 5.02 Å². The second kappa shape index (κ2) is 5.43. The topological polar surface area (TPSA) is 47.8 Å². The van der Waals surface area contributed by atoms with E-state index >= 15 is 0 Å². The van der Waals surface area contributed by atoms with Crippen molar-refractivity contribution < 1.29 is 0 Å². The highest BCUT2D eigenvalue weighted by molar-refractivity contribution is 6.31. The summed E-state index contributed by atoms with van der Waals surface area (Å²) in [6.45, 7) is 0.542. The zero-order valence-electron chi connectivity index (χ0n) is 10.7. The summed E-state index contributed by atoms with van der Waals surface area (Å²) in [7, 11) is 0. The van der Waals surface area contributed by atoms with Crippen LogP contribution in [-0.4, -0.2) is 14.5 Å². The molecule has 5 heteroatoms. The molecule has 0 amide bonds. The molecule has 0 saturated carbocycles. The maximum absolute atomic E-state index is 12.3. The third-order valence-corrected chi connectivity index (χ3v) is 3.55. The van der Waals surface area contributed by atoms with Gasteiger partial charge in [0.1, 0.15) is 0 Å². The summed E-state index contributed by atoms with van der Waals surface area (Å²) in [6, 6.07) is 11.1. The minimum Gasteiger partial charge on any atom is -0.298 e. The molecule has 3 rings (SSSR count). The number of halogens is 1. The second-order valence-electron chi connectivity index (χ2n) is 4.46. The molecular weight excluding hydrogens is 274 g/mol. The molecule has 0 saturated heterocycles. The molecule has 4 nitrogen and oxygen atoms in total. The maximum atomic E-state index is 12.3. The highest BCUT2D eigenvalue weighted by atomic mass is 35.5. The van der Waals surface area contributed by atoms with E-state index in [1.165, 1.54) is 6.33 Å². The minimum absolute atomic E-state index is 0.0739. The van der Waals surface area contributed by atoms with E-state index in [1.54, 1.807) is 22.9 Å². The van der Waals surface area contributed by atoms with E-state index in [9.17, 15) is 4.79 Å². The van der Waals surface area contributed by atoms with Crippen molar-refractivity contribution in [1.29, 1.82) is 0 Å². The van der Waals surface area contributed by atoms with E-state index in [-0.39, 0.29) is 5.56 Å². The highest BCUT2D eigenvalue weighted by Crippen LogP contribution is 2.15. The van der Waals surface area contributed by atoms with Gasteiger partial charge in [0.25, 0.3) is 5.56 Å². The number of pyridine rings is 1. The Balaban J connectivity index is 1.90. The standard InChI is InChI=1S/C15H12ClN3O/c16-13-6-2-1-4-11(13)7-9-19-10-18-14-12(15(19)20)5-3-8-17-14/h1-6,8,10H,7,9H2. The molecule has 0 unspecified atom stereocenters. The van der Waals surface area contributed by atoms with Crippen LogP contribution in [0.3, 0.4) is 0 Å². The van der Waals surface area contributed by atoms with Crippen LogP contribution in [0, 0.1) is 0 Å². The van der Waals surface area contributed by atoms with E-state index < -0.39 is 0 Å². The Morgan fingerprint density at radius 3 is 2.80 bits per heavy atom. The quantitative estimate of drug-likeness (QED) is 0.743. The number of benzene rings is 1. The SMILES string of the molecule is O=c1c2cccnc2ncn1CCc1ccccc1Cl. The molecule has 0 aliphatic rings. The normalized spacial score (nSPS) is 10.8. The Morgan fingerprint density at radius 2 is 1.95 bits per heavy atom. The highest BCUT2D eigenvalue weighted by Gasteiger charge is 2.05. The summed E-state index contributed by atoms with van der Waals surface area (Å²) in [5.41, 5.74) is 1.42. The zero-order chi connectivity index (χ0) is 13.9. The van der Waals surface area contributed by atoms with Crippen molar-refractivity contribution in [3.63, 3.8) is 0 Å². The number of rotatable bonds is 3. The lowest BCUT2D eigenvalue weighted by molar-refractivity contribution is 0.662. The van der Waals surface area contributed by atoms with Crippen LogP contribution in [0.25, 0.3) is 11.0 Å². The maximum Gasteiger partial charge on any atom is 0.262 e. The first-order valence-corrected chi connectivity index (χ1v) is 6.67. The van der Waals surface area contributed by atoms with E-state index in [4.69, 9.17) is 11.6 Å². The lowest BCUT2D eigenvalue weighted by Gasteiger charge is -2.07. The number of hydrogen-bond donors (Lipinski definition) is 0. The van der Waals surface area contributed by atoms with Gasteiger partial charge in [-0.05, 0) is 30.2 Å². The van der Waals surface area contributed by atoms with E-state index in [2.05, 4.69) is 9.97 Å². The Labute approximate surface area is 120 Å². The Bertz CT molecular complexity index is 813. The summed E-state index contributed by atoms with van der Waals surface area (Å²) in [4.78, 5) is 20.6. The molecule has 0 aliphatic heterocycles.